The Morgan fingerprint density at radius 2 is 1.61 bits per heavy atom. The maximum Gasteiger partial charge on any atom is 0.311 e. The number of ether oxygens (including phenoxy) is 3. The highest BCUT2D eigenvalue weighted by Crippen LogP contribution is 2.32. The fraction of sp³-hybridized carbons (Fsp3) is 0.385. The Morgan fingerprint density at radius 3 is 2.39 bits per heavy atom. The molecule has 0 amide bonds. The molecule has 0 radical (unpaired) electrons. The van der Waals surface area contributed by atoms with E-state index in [1.54, 1.807) is 30.3 Å². The third-order valence-electron chi connectivity index (χ3n) is 5.18. The summed E-state index contributed by atoms with van der Waals surface area (Å²) < 4.78 is 16.0. The Balaban J connectivity index is 1.42. The molecule has 5 heteroatoms. The molecule has 0 N–H and O–H groups in total. The fourth-order valence-corrected chi connectivity index (χ4v) is 3.38. The lowest BCUT2D eigenvalue weighted by Gasteiger charge is -2.05. The predicted molar refractivity (Wildman–Crippen MR) is 121 cm³/mol. The Labute approximate surface area is 184 Å². The second kappa shape index (κ2) is 11.9. The summed E-state index contributed by atoms with van der Waals surface area (Å²) >= 11 is 0. The minimum atomic E-state index is -0.227. The van der Waals surface area contributed by atoms with Crippen LogP contribution in [-0.2, 0) is 4.79 Å². The molecule has 2 aromatic carbocycles. The molecule has 0 aromatic heterocycles. The van der Waals surface area contributed by atoms with Crippen LogP contribution in [0.4, 0.5) is 0 Å². The van der Waals surface area contributed by atoms with E-state index < -0.39 is 0 Å². The van der Waals surface area contributed by atoms with E-state index in [0.29, 0.717) is 29.2 Å². The third-order valence-corrected chi connectivity index (χ3v) is 5.18. The smallest absolute Gasteiger partial charge is 0.311 e. The van der Waals surface area contributed by atoms with Crippen LogP contribution in [0.15, 0.2) is 48.5 Å². The van der Waals surface area contributed by atoms with E-state index in [1.165, 1.54) is 38.2 Å². The second-order valence-electron chi connectivity index (χ2n) is 7.68. The molecule has 0 saturated carbocycles. The van der Waals surface area contributed by atoms with E-state index in [1.807, 2.05) is 18.2 Å². The molecule has 0 saturated heterocycles. The first-order valence-corrected chi connectivity index (χ1v) is 11.1. The quantitative estimate of drug-likeness (QED) is 0.131. The van der Waals surface area contributed by atoms with Gasteiger partial charge in [0.1, 0.15) is 5.75 Å². The Hall–Kier alpha value is -3.08. The molecule has 5 nitrogen and oxygen atoms in total. The average molecular weight is 423 g/mol. The van der Waals surface area contributed by atoms with E-state index in [2.05, 4.69) is 6.92 Å². The number of allylic oxidation sites excluding steroid dienone is 1. The van der Waals surface area contributed by atoms with Crippen molar-refractivity contribution in [1.82, 2.24) is 0 Å². The van der Waals surface area contributed by atoms with Gasteiger partial charge in [0, 0.05) is 12.0 Å². The molecule has 1 aliphatic heterocycles. The molecule has 31 heavy (non-hydrogen) atoms. The number of unbranched alkanes of at least 4 members (excludes halogenated alkanes) is 6. The number of hydrogen-bond donors (Lipinski definition) is 0. The molecular formula is C26H30O5. The molecule has 0 aliphatic carbocycles. The molecule has 0 unspecified atom stereocenters. The van der Waals surface area contributed by atoms with Crippen molar-refractivity contribution in [3.63, 3.8) is 0 Å². The van der Waals surface area contributed by atoms with Crippen molar-refractivity contribution in [3.05, 3.63) is 59.7 Å². The van der Waals surface area contributed by atoms with Crippen LogP contribution in [0, 0.1) is 0 Å². The third kappa shape index (κ3) is 7.28. The van der Waals surface area contributed by atoms with Crippen molar-refractivity contribution >= 4 is 17.8 Å². The van der Waals surface area contributed by atoms with Gasteiger partial charge in [-0.25, -0.2) is 0 Å². The standard InChI is InChI=1S/C26H30O5/c1-2-3-4-5-6-7-8-9-26(28)31-22-14-12-21(13-15-22)23(27)16-10-20-11-17-24-25(18-20)30-19-29-24/h10-18H,2-9,19H2,1H3. The van der Waals surface area contributed by atoms with Crippen LogP contribution >= 0.6 is 0 Å². The maximum atomic E-state index is 12.4. The van der Waals surface area contributed by atoms with Crippen LogP contribution < -0.4 is 14.2 Å². The van der Waals surface area contributed by atoms with Crippen LogP contribution in [0.5, 0.6) is 17.2 Å². The number of ketones is 1. The Bertz CT molecular complexity index is 899. The molecule has 2 aromatic rings. The van der Waals surface area contributed by atoms with Crippen LogP contribution in [0.1, 0.15) is 74.2 Å². The van der Waals surface area contributed by atoms with Gasteiger partial charge in [0.15, 0.2) is 17.3 Å². The Kier molecular flexibility index (Phi) is 8.71. The number of carbonyl (C=O) groups is 2. The summed E-state index contributed by atoms with van der Waals surface area (Å²) in [4.78, 5) is 24.4. The molecule has 0 spiro atoms. The van der Waals surface area contributed by atoms with E-state index >= 15 is 0 Å². The van der Waals surface area contributed by atoms with Crippen LogP contribution in [-0.4, -0.2) is 18.5 Å². The largest absolute Gasteiger partial charge is 0.454 e. The molecule has 0 bridgehead atoms. The Morgan fingerprint density at radius 1 is 0.903 bits per heavy atom. The number of fused-ring (bicyclic) bond motifs is 1. The summed E-state index contributed by atoms with van der Waals surface area (Å²) in [5.41, 5.74) is 1.39. The first-order chi connectivity index (χ1) is 15.2. The number of hydrogen-bond acceptors (Lipinski definition) is 5. The summed E-state index contributed by atoms with van der Waals surface area (Å²) in [6, 6.07) is 12.2. The fourth-order valence-electron chi connectivity index (χ4n) is 3.38. The first kappa shape index (κ1) is 22.6. The van der Waals surface area contributed by atoms with E-state index in [-0.39, 0.29) is 18.5 Å². The van der Waals surface area contributed by atoms with Gasteiger partial charge in [-0.3, -0.25) is 9.59 Å². The first-order valence-electron chi connectivity index (χ1n) is 11.1. The second-order valence-corrected chi connectivity index (χ2v) is 7.68. The molecular weight excluding hydrogens is 392 g/mol. The monoisotopic (exact) mass is 422 g/mol. The average Bonchev–Trinajstić information content (AvgIpc) is 3.25. The summed E-state index contributed by atoms with van der Waals surface area (Å²) in [7, 11) is 0. The highest BCUT2D eigenvalue weighted by atomic mass is 16.7. The van der Waals surface area contributed by atoms with Crippen molar-refractivity contribution in [2.24, 2.45) is 0 Å². The molecule has 1 aliphatic rings. The molecule has 3 rings (SSSR count). The predicted octanol–water partition coefficient (Wildman–Crippen LogP) is 6.36. The summed E-state index contributed by atoms with van der Waals surface area (Å²) in [5.74, 6) is 1.50. The van der Waals surface area contributed by atoms with Gasteiger partial charge in [0.25, 0.3) is 0 Å². The maximum absolute atomic E-state index is 12.4. The van der Waals surface area contributed by atoms with Crippen molar-refractivity contribution in [2.45, 2.75) is 58.3 Å². The van der Waals surface area contributed by atoms with Crippen LogP contribution in [0.3, 0.4) is 0 Å². The number of rotatable bonds is 12. The van der Waals surface area contributed by atoms with Gasteiger partial charge in [-0.05, 0) is 54.5 Å². The molecule has 0 fully saturated rings. The molecule has 1 heterocycles. The van der Waals surface area contributed by atoms with Gasteiger partial charge in [0.2, 0.25) is 6.79 Å². The molecule has 0 atom stereocenters. The summed E-state index contributed by atoms with van der Waals surface area (Å²) in [6.07, 6.45) is 11.8. The zero-order valence-corrected chi connectivity index (χ0v) is 18.1. The number of benzene rings is 2. The van der Waals surface area contributed by atoms with Gasteiger partial charge in [0.05, 0.1) is 0 Å². The lowest BCUT2D eigenvalue weighted by Crippen LogP contribution is -2.07. The zero-order chi connectivity index (χ0) is 21.9. The summed E-state index contributed by atoms with van der Waals surface area (Å²) in [5, 5.41) is 0. The van der Waals surface area contributed by atoms with Gasteiger partial charge in [-0.15, -0.1) is 0 Å². The van der Waals surface area contributed by atoms with Gasteiger partial charge < -0.3 is 14.2 Å². The van der Waals surface area contributed by atoms with Crippen molar-refractivity contribution in [1.29, 1.82) is 0 Å². The highest BCUT2D eigenvalue weighted by molar-refractivity contribution is 6.06. The summed E-state index contributed by atoms with van der Waals surface area (Å²) in [6.45, 7) is 2.42. The van der Waals surface area contributed by atoms with Crippen molar-refractivity contribution < 1.29 is 23.8 Å². The van der Waals surface area contributed by atoms with Crippen LogP contribution in [0.2, 0.25) is 0 Å². The van der Waals surface area contributed by atoms with Gasteiger partial charge in [-0.1, -0.05) is 57.6 Å². The number of esters is 1. The topological polar surface area (TPSA) is 61.8 Å². The lowest BCUT2D eigenvalue weighted by molar-refractivity contribution is -0.134. The van der Waals surface area contributed by atoms with E-state index in [9.17, 15) is 9.59 Å². The minimum Gasteiger partial charge on any atom is -0.454 e. The highest BCUT2D eigenvalue weighted by Gasteiger charge is 2.12. The van der Waals surface area contributed by atoms with Crippen molar-refractivity contribution in [3.8, 4) is 17.2 Å². The zero-order valence-electron chi connectivity index (χ0n) is 18.1. The van der Waals surface area contributed by atoms with E-state index in [0.717, 1.165) is 18.4 Å². The number of carbonyl (C=O) groups excluding carboxylic acids is 2. The lowest BCUT2D eigenvalue weighted by atomic mass is 10.1. The van der Waals surface area contributed by atoms with Crippen molar-refractivity contribution in [2.75, 3.05) is 6.79 Å². The minimum absolute atomic E-state index is 0.126. The van der Waals surface area contributed by atoms with Gasteiger partial charge >= 0.3 is 5.97 Å². The molecule has 164 valence electrons. The normalized spacial score (nSPS) is 12.3. The van der Waals surface area contributed by atoms with Crippen LogP contribution in [0.25, 0.3) is 6.08 Å². The van der Waals surface area contributed by atoms with E-state index in [4.69, 9.17) is 14.2 Å². The SMILES string of the molecule is CCCCCCCCCC(=O)Oc1ccc(C(=O)C=Cc2ccc3c(c2)OCO3)cc1. The van der Waals surface area contributed by atoms with Gasteiger partial charge in [-0.2, -0.15) is 0 Å².